The molecule has 1 atom stereocenters. The number of thiazole rings is 1. The molecule has 0 bridgehead atoms. The van der Waals surface area contributed by atoms with Gasteiger partial charge >= 0.3 is 0 Å². The van der Waals surface area contributed by atoms with Crippen LogP contribution < -0.4 is 0 Å². The smallest absolute Gasteiger partial charge is 0.273 e. The minimum absolute atomic E-state index is 0.0847. The van der Waals surface area contributed by atoms with Gasteiger partial charge in [-0.15, -0.1) is 11.3 Å². The van der Waals surface area contributed by atoms with Crippen molar-refractivity contribution in [2.45, 2.75) is 32.4 Å². The lowest BCUT2D eigenvalue weighted by Crippen LogP contribution is -2.31. The monoisotopic (exact) mass is 308 g/mol. The van der Waals surface area contributed by atoms with E-state index in [2.05, 4.69) is 15.1 Å². The molecule has 0 saturated carbocycles. The number of hydrogen-bond acceptors (Lipinski definition) is 7. The average Bonchev–Trinajstić information content (AvgIpc) is 3.17. The second-order valence-electron chi connectivity index (χ2n) is 4.89. The molecule has 112 valence electrons. The molecule has 0 aliphatic carbocycles. The Morgan fingerprint density at radius 1 is 1.57 bits per heavy atom. The molecule has 0 radical (unpaired) electrons. The molecular formula is C13H16N4O3S. The van der Waals surface area contributed by atoms with E-state index in [9.17, 15) is 4.79 Å². The first-order valence-electron chi connectivity index (χ1n) is 6.73. The Labute approximate surface area is 125 Å². The van der Waals surface area contributed by atoms with Gasteiger partial charge in [0.15, 0.2) is 5.82 Å². The van der Waals surface area contributed by atoms with Crippen LogP contribution in [0.5, 0.6) is 0 Å². The molecule has 0 N–H and O–H groups in total. The SMILES string of the molecule is COCc1nc(C(=O)N2CCC[C@@H]2c2noc(C)n2)cs1. The molecule has 1 amide bonds. The number of carbonyl (C=O) groups is 1. The number of ether oxygens (including phenoxy) is 1. The molecule has 0 spiro atoms. The quantitative estimate of drug-likeness (QED) is 0.859. The summed E-state index contributed by atoms with van der Waals surface area (Å²) in [4.78, 5) is 22.9. The summed E-state index contributed by atoms with van der Waals surface area (Å²) in [6, 6.07) is -0.123. The molecule has 2 aromatic heterocycles. The van der Waals surface area contributed by atoms with E-state index in [1.807, 2.05) is 0 Å². The zero-order valence-electron chi connectivity index (χ0n) is 11.9. The number of likely N-dealkylation sites (tertiary alicyclic amines) is 1. The zero-order chi connectivity index (χ0) is 14.8. The Hall–Kier alpha value is -1.80. The van der Waals surface area contributed by atoms with Crippen molar-refractivity contribution in [2.24, 2.45) is 0 Å². The van der Waals surface area contributed by atoms with E-state index < -0.39 is 0 Å². The lowest BCUT2D eigenvalue weighted by Gasteiger charge is -2.21. The van der Waals surface area contributed by atoms with E-state index in [4.69, 9.17) is 9.26 Å². The Morgan fingerprint density at radius 2 is 2.43 bits per heavy atom. The second kappa shape index (κ2) is 5.90. The normalized spacial score (nSPS) is 18.4. The number of rotatable bonds is 4. The number of aryl methyl sites for hydroxylation is 1. The average molecular weight is 308 g/mol. The van der Waals surface area contributed by atoms with Gasteiger partial charge in [0.2, 0.25) is 5.89 Å². The minimum Gasteiger partial charge on any atom is -0.378 e. The molecule has 1 fully saturated rings. The molecule has 3 rings (SSSR count). The van der Waals surface area contributed by atoms with Crippen LogP contribution in [0.25, 0.3) is 0 Å². The van der Waals surface area contributed by atoms with Crippen molar-refractivity contribution in [3.63, 3.8) is 0 Å². The predicted octanol–water partition coefficient (Wildman–Crippen LogP) is 1.96. The molecule has 21 heavy (non-hydrogen) atoms. The maximum Gasteiger partial charge on any atom is 0.273 e. The van der Waals surface area contributed by atoms with E-state index in [1.54, 1.807) is 24.3 Å². The van der Waals surface area contributed by atoms with Crippen molar-refractivity contribution < 1.29 is 14.1 Å². The Balaban J connectivity index is 1.79. The lowest BCUT2D eigenvalue weighted by molar-refractivity contribution is 0.0722. The van der Waals surface area contributed by atoms with Gasteiger partial charge in [-0.05, 0) is 12.8 Å². The third kappa shape index (κ3) is 2.81. The summed E-state index contributed by atoms with van der Waals surface area (Å²) >= 11 is 1.43. The largest absolute Gasteiger partial charge is 0.378 e. The van der Waals surface area contributed by atoms with E-state index in [0.717, 1.165) is 17.8 Å². The standard InChI is InChI=1S/C13H16N4O3S/c1-8-14-12(16-20-8)10-4-3-5-17(10)13(18)9-7-21-11(15-9)6-19-2/h7,10H,3-6H2,1-2H3/t10-/m1/s1. The molecule has 0 aromatic carbocycles. The van der Waals surface area contributed by atoms with E-state index in [0.29, 0.717) is 30.6 Å². The van der Waals surface area contributed by atoms with Crippen LogP contribution in [0.4, 0.5) is 0 Å². The third-order valence-corrected chi connectivity index (χ3v) is 4.22. The summed E-state index contributed by atoms with van der Waals surface area (Å²) in [7, 11) is 1.61. The van der Waals surface area contributed by atoms with Crippen LogP contribution >= 0.6 is 11.3 Å². The Bertz CT molecular complexity index is 639. The zero-order valence-corrected chi connectivity index (χ0v) is 12.7. The first-order valence-corrected chi connectivity index (χ1v) is 7.61. The number of aromatic nitrogens is 3. The van der Waals surface area contributed by atoms with Crippen molar-refractivity contribution in [1.29, 1.82) is 0 Å². The van der Waals surface area contributed by atoms with Crippen LogP contribution in [-0.2, 0) is 11.3 Å². The van der Waals surface area contributed by atoms with Gasteiger partial charge in [-0.25, -0.2) is 4.98 Å². The molecule has 1 saturated heterocycles. The predicted molar refractivity (Wildman–Crippen MR) is 74.9 cm³/mol. The number of nitrogens with zero attached hydrogens (tertiary/aromatic N) is 4. The molecule has 0 unspecified atom stereocenters. The fourth-order valence-electron chi connectivity index (χ4n) is 2.47. The lowest BCUT2D eigenvalue weighted by atomic mass is 10.2. The van der Waals surface area contributed by atoms with E-state index in [1.165, 1.54) is 11.3 Å². The summed E-state index contributed by atoms with van der Waals surface area (Å²) < 4.78 is 10.0. The van der Waals surface area contributed by atoms with Gasteiger partial charge in [-0.2, -0.15) is 4.98 Å². The Kier molecular flexibility index (Phi) is 3.98. The van der Waals surface area contributed by atoms with Crippen LogP contribution in [0.15, 0.2) is 9.90 Å². The summed E-state index contributed by atoms with van der Waals surface area (Å²) in [6.45, 7) is 2.86. The fourth-order valence-corrected chi connectivity index (χ4v) is 3.21. The highest BCUT2D eigenvalue weighted by Crippen LogP contribution is 2.31. The van der Waals surface area contributed by atoms with Crippen molar-refractivity contribution in [2.75, 3.05) is 13.7 Å². The number of carbonyl (C=O) groups excluding carboxylic acids is 1. The summed E-state index contributed by atoms with van der Waals surface area (Å²) in [5.74, 6) is 1.00. The molecular weight excluding hydrogens is 292 g/mol. The highest BCUT2D eigenvalue weighted by atomic mass is 32.1. The molecule has 1 aliphatic heterocycles. The van der Waals surface area contributed by atoms with Crippen molar-refractivity contribution in [1.82, 2.24) is 20.0 Å². The number of amides is 1. The van der Waals surface area contributed by atoms with Gasteiger partial charge in [0.25, 0.3) is 5.91 Å². The van der Waals surface area contributed by atoms with Gasteiger partial charge in [-0.1, -0.05) is 5.16 Å². The van der Waals surface area contributed by atoms with E-state index >= 15 is 0 Å². The van der Waals surface area contributed by atoms with Gasteiger partial charge in [-0.3, -0.25) is 4.79 Å². The van der Waals surface area contributed by atoms with Crippen LogP contribution in [0, 0.1) is 6.92 Å². The molecule has 8 heteroatoms. The van der Waals surface area contributed by atoms with Crippen molar-refractivity contribution in [3.05, 3.63) is 27.8 Å². The number of hydrogen-bond donors (Lipinski definition) is 0. The molecule has 3 heterocycles. The van der Waals surface area contributed by atoms with Gasteiger partial charge in [0.1, 0.15) is 10.7 Å². The van der Waals surface area contributed by atoms with Gasteiger partial charge < -0.3 is 14.2 Å². The maximum absolute atomic E-state index is 12.6. The fraction of sp³-hybridized carbons (Fsp3) is 0.538. The van der Waals surface area contributed by atoms with Crippen molar-refractivity contribution >= 4 is 17.2 Å². The first-order chi connectivity index (χ1) is 10.2. The summed E-state index contributed by atoms with van der Waals surface area (Å²) in [5.41, 5.74) is 0.458. The van der Waals surface area contributed by atoms with Gasteiger partial charge in [0, 0.05) is 26.0 Å². The highest BCUT2D eigenvalue weighted by molar-refractivity contribution is 7.09. The molecule has 7 nitrogen and oxygen atoms in total. The third-order valence-electron chi connectivity index (χ3n) is 3.39. The Morgan fingerprint density at radius 3 is 3.14 bits per heavy atom. The first kappa shape index (κ1) is 14.2. The van der Waals surface area contributed by atoms with Crippen LogP contribution in [0.2, 0.25) is 0 Å². The van der Waals surface area contributed by atoms with Crippen LogP contribution in [-0.4, -0.2) is 39.6 Å². The highest BCUT2D eigenvalue weighted by Gasteiger charge is 2.34. The number of methoxy groups -OCH3 is 1. The topological polar surface area (TPSA) is 81.4 Å². The summed E-state index contributed by atoms with van der Waals surface area (Å²) in [6.07, 6.45) is 1.78. The molecule has 1 aliphatic rings. The van der Waals surface area contributed by atoms with Gasteiger partial charge in [0.05, 0.1) is 12.6 Å². The minimum atomic E-state index is -0.123. The van der Waals surface area contributed by atoms with E-state index in [-0.39, 0.29) is 11.9 Å². The maximum atomic E-state index is 12.6. The summed E-state index contributed by atoms with van der Waals surface area (Å²) in [5, 5.41) is 6.51. The van der Waals surface area contributed by atoms with Crippen molar-refractivity contribution in [3.8, 4) is 0 Å². The second-order valence-corrected chi connectivity index (χ2v) is 5.83. The van der Waals surface area contributed by atoms with Crippen LogP contribution in [0.1, 0.15) is 46.1 Å². The molecule has 2 aromatic rings. The van der Waals surface area contributed by atoms with Crippen LogP contribution in [0.3, 0.4) is 0 Å².